The Bertz CT molecular complexity index is 459. The van der Waals surface area contributed by atoms with E-state index < -0.39 is 9.84 Å². The van der Waals surface area contributed by atoms with E-state index >= 15 is 0 Å². The van der Waals surface area contributed by atoms with Gasteiger partial charge in [0.2, 0.25) is 0 Å². The summed E-state index contributed by atoms with van der Waals surface area (Å²) < 4.78 is 22.5. The minimum atomic E-state index is -2.81. The molecule has 0 radical (unpaired) electrons. The molecule has 3 N–H and O–H groups in total. The first-order valence-electron chi connectivity index (χ1n) is 5.24. The topological polar surface area (TPSA) is 85.1 Å². The van der Waals surface area contributed by atoms with E-state index in [-0.39, 0.29) is 17.5 Å². The van der Waals surface area contributed by atoms with Crippen LogP contribution in [0.4, 0.5) is 11.5 Å². The summed E-state index contributed by atoms with van der Waals surface area (Å²) >= 11 is 0. The van der Waals surface area contributed by atoms with E-state index in [0.29, 0.717) is 24.3 Å². The Kier molecular flexibility index (Phi) is 3.00. The Morgan fingerprint density at radius 1 is 1.38 bits per heavy atom. The van der Waals surface area contributed by atoms with Gasteiger partial charge in [0.05, 0.1) is 17.2 Å². The molecule has 1 aromatic heterocycles. The van der Waals surface area contributed by atoms with Crippen LogP contribution in [0.1, 0.15) is 12.8 Å². The summed E-state index contributed by atoms with van der Waals surface area (Å²) in [6.07, 6.45) is 2.91. The maximum Gasteiger partial charge on any atom is 0.150 e. The Morgan fingerprint density at radius 3 is 2.69 bits per heavy atom. The van der Waals surface area contributed by atoms with E-state index in [0.717, 1.165) is 0 Å². The zero-order chi connectivity index (χ0) is 11.6. The molecule has 0 unspecified atom stereocenters. The number of nitrogen functional groups attached to an aromatic ring is 1. The molecule has 0 bridgehead atoms. The van der Waals surface area contributed by atoms with Crippen molar-refractivity contribution in [3.05, 3.63) is 18.3 Å². The normalized spacial score (nSPS) is 20.5. The molecule has 1 aromatic rings. The number of hydrogen-bond donors (Lipinski definition) is 2. The van der Waals surface area contributed by atoms with E-state index in [4.69, 9.17) is 5.73 Å². The van der Waals surface area contributed by atoms with Gasteiger partial charge < -0.3 is 11.1 Å². The summed E-state index contributed by atoms with van der Waals surface area (Å²) in [4.78, 5) is 4.12. The summed E-state index contributed by atoms with van der Waals surface area (Å²) in [5.41, 5.74) is 6.34. The Balaban J connectivity index is 2.00. The van der Waals surface area contributed by atoms with E-state index in [9.17, 15) is 8.42 Å². The molecule has 16 heavy (non-hydrogen) atoms. The van der Waals surface area contributed by atoms with Gasteiger partial charge in [-0.05, 0) is 25.0 Å². The van der Waals surface area contributed by atoms with E-state index in [1.54, 1.807) is 18.3 Å². The quantitative estimate of drug-likeness (QED) is 0.794. The van der Waals surface area contributed by atoms with Crippen molar-refractivity contribution >= 4 is 21.3 Å². The van der Waals surface area contributed by atoms with Crippen molar-refractivity contribution < 1.29 is 8.42 Å². The fourth-order valence-corrected chi connectivity index (χ4v) is 3.26. The Hall–Kier alpha value is -1.30. The number of nitrogens with zero attached hydrogens (tertiary/aromatic N) is 1. The van der Waals surface area contributed by atoms with Crippen LogP contribution in [0.3, 0.4) is 0 Å². The number of anilines is 2. The first-order chi connectivity index (χ1) is 7.57. The summed E-state index contributed by atoms with van der Waals surface area (Å²) in [6, 6.07) is 3.70. The van der Waals surface area contributed by atoms with Gasteiger partial charge in [0.15, 0.2) is 0 Å². The van der Waals surface area contributed by atoms with Crippen molar-refractivity contribution in [1.82, 2.24) is 4.98 Å². The molecule has 6 heteroatoms. The lowest BCUT2D eigenvalue weighted by Gasteiger charge is -2.23. The first kappa shape index (κ1) is 11.2. The second kappa shape index (κ2) is 4.29. The molecule has 1 saturated heterocycles. The van der Waals surface area contributed by atoms with Crippen LogP contribution in [-0.4, -0.2) is 30.9 Å². The molecule has 2 rings (SSSR count). The zero-order valence-electron chi connectivity index (χ0n) is 8.89. The van der Waals surface area contributed by atoms with Crippen molar-refractivity contribution in [3.63, 3.8) is 0 Å². The van der Waals surface area contributed by atoms with Crippen LogP contribution < -0.4 is 11.1 Å². The minimum absolute atomic E-state index is 0.153. The minimum Gasteiger partial charge on any atom is -0.396 e. The first-order valence-corrected chi connectivity index (χ1v) is 7.06. The summed E-state index contributed by atoms with van der Waals surface area (Å²) in [7, 11) is -2.81. The number of pyridine rings is 1. The molecule has 5 nitrogen and oxygen atoms in total. The summed E-state index contributed by atoms with van der Waals surface area (Å²) in [6.45, 7) is 0. The van der Waals surface area contributed by atoms with Crippen molar-refractivity contribution in [2.75, 3.05) is 22.6 Å². The molecule has 2 heterocycles. The molecule has 0 spiro atoms. The third-order valence-electron chi connectivity index (χ3n) is 2.73. The standard InChI is InChI=1S/C10H15N3O2S/c11-9-2-1-5-12-10(9)13-8-3-6-16(14,15)7-4-8/h1-2,5,8H,3-4,6-7,11H2,(H,12,13). The maximum absolute atomic E-state index is 11.2. The van der Waals surface area contributed by atoms with Crippen LogP contribution in [-0.2, 0) is 9.84 Å². The number of sulfone groups is 1. The molecule has 1 fully saturated rings. The fraction of sp³-hybridized carbons (Fsp3) is 0.500. The van der Waals surface area contributed by atoms with Gasteiger partial charge in [-0.2, -0.15) is 0 Å². The second-order valence-corrected chi connectivity index (χ2v) is 6.32. The highest BCUT2D eigenvalue weighted by atomic mass is 32.2. The monoisotopic (exact) mass is 241 g/mol. The molecule has 0 saturated carbocycles. The lowest BCUT2D eigenvalue weighted by Crippen LogP contribution is -2.32. The van der Waals surface area contributed by atoms with E-state index in [2.05, 4.69) is 10.3 Å². The number of hydrogen-bond acceptors (Lipinski definition) is 5. The number of nitrogens with two attached hydrogens (primary N) is 1. The smallest absolute Gasteiger partial charge is 0.150 e. The van der Waals surface area contributed by atoms with E-state index in [1.165, 1.54) is 0 Å². The molecule has 0 atom stereocenters. The predicted octanol–water partition coefficient (Wildman–Crippen LogP) is 0.653. The Labute approximate surface area is 95.0 Å². The van der Waals surface area contributed by atoms with Gasteiger partial charge in [0.1, 0.15) is 15.7 Å². The molecule has 1 aliphatic heterocycles. The van der Waals surface area contributed by atoms with Crippen molar-refractivity contribution in [1.29, 1.82) is 0 Å². The van der Waals surface area contributed by atoms with Crippen LogP contribution in [0.2, 0.25) is 0 Å². The largest absolute Gasteiger partial charge is 0.396 e. The van der Waals surface area contributed by atoms with Crippen LogP contribution in [0.15, 0.2) is 18.3 Å². The van der Waals surface area contributed by atoms with Gasteiger partial charge in [-0.15, -0.1) is 0 Å². The molecular formula is C10H15N3O2S. The van der Waals surface area contributed by atoms with Crippen molar-refractivity contribution in [2.24, 2.45) is 0 Å². The predicted molar refractivity (Wildman–Crippen MR) is 63.9 cm³/mol. The Morgan fingerprint density at radius 2 is 2.06 bits per heavy atom. The van der Waals surface area contributed by atoms with Gasteiger partial charge >= 0.3 is 0 Å². The average Bonchev–Trinajstić information content (AvgIpc) is 2.24. The number of nitrogens with one attached hydrogen (secondary N) is 1. The fourth-order valence-electron chi connectivity index (χ4n) is 1.77. The maximum atomic E-state index is 11.2. The van der Waals surface area contributed by atoms with Crippen LogP contribution in [0.5, 0.6) is 0 Å². The van der Waals surface area contributed by atoms with Gasteiger partial charge in [-0.1, -0.05) is 0 Å². The third kappa shape index (κ3) is 2.63. The van der Waals surface area contributed by atoms with Crippen molar-refractivity contribution in [2.45, 2.75) is 18.9 Å². The molecule has 1 aliphatic rings. The van der Waals surface area contributed by atoms with Gasteiger partial charge in [0.25, 0.3) is 0 Å². The third-order valence-corrected chi connectivity index (χ3v) is 4.45. The lowest BCUT2D eigenvalue weighted by molar-refractivity contribution is 0.559. The highest BCUT2D eigenvalue weighted by molar-refractivity contribution is 7.91. The molecule has 0 aliphatic carbocycles. The second-order valence-electron chi connectivity index (χ2n) is 4.01. The lowest BCUT2D eigenvalue weighted by atomic mass is 10.1. The highest BCUT2D eigenvalue weighted by Gasteiger charge is 2.23. The summed E-state index contributed by atoms with van der Waals surface area (Å²) in [5, 5.41) is 3.19. The van der Waals surface area contributed by atoms with Gasteiger partial charge in [-0.25, -0.2) is 13.4 Å². The molecule has 88 valence electrons. The van der Waals surface area contributed by atoms with Crippen LogP contribution >= 0.6 is 0 Å². The van der Waals surface area contributed by atoms with Gasteiger partial charge in [0, 0.05) is 12.2 Å². The van der Waals surface area contributed by atoms with Gasteiger partial charge in [-0.3, -0.25) is 0 Å². The zero-order valence-corrected chi connectivity index (χ0v) is 9.70. The number of aromatic nitrogens is 1. The molecular weight excluding hydrogens is 226 g/mol. The highest BCUT2D eigenvalue weighted by Crippen LogP contribution is 2.20. The van der Waals surface area contributed by atoms with E-state index in [1.807, 2.05) is 0 Å². The summed E-state index contributed by atoms with van der Waals surface area (Å²) in [5.74, 6) is 1.14. The van der Waals surface area contributed by atoms with Crippen LogP contribution in [0.25, 0.3) is 0 Å². The van der Waals surface area contributed by atoms with Crippen molar-refractivity contribution in [3.8, 4) is 0 Å². The van der Waals surface area contributed by atoms with Crippen LogP contribution in [0, 0.1) is 0 Å². The number of rotatable bonds is 2. The molecule has 0 amide bonds. The SMILES string of the molecule is Nc1cccnc1NC1CCS(=O)(=O)CC1. The average molecular weight is 241 g/mol. The molecule has 0 aromatic carbocycles.